The molecule has 0 radical (unpaired) electrons. The average molecular weight is 315 g/mol. The summed E-state index contributed by atoms with van der Waals surface area (Å²) < 4.78 is 2.69. The second-order valence-corrected chi connectivity index (χ2v) is 5.34. The Hall–Kier alpha value is -1.21. The molecule has 17 heavy (non-hydrogen) atoms. The largest absolute Gasteiger partial charge is 0.351 e. The van der Waals surface area contributed by atoms with E-state index in [0.29, 0.717) is 19.5 Å². The van der Waals surface area contributed by atoms with Gasteiger partial charge < -0.3 is 5.32 Å². The van der Waals surface area contributed by atoms with Crippen molar-refractivity contribution in [2.75, 3.05) is 0 Å². The molecule has 0 aliphatic heterocycles. The van der Waals surface area contributed by atoms with Crippen molar-refractivity contribution >= 4 is 33.2 Å². The topological polar surface area (TPSA) is 59.8 Å². The molecule has 0 unspecified atom stereocenters. The van der Waals surface area contributed by atoms with Gasteiger partial charge in [0.1, 0.15) is 0 Å². The number of halogens is 1. The first kappa shape index (κ1) is 12.3. The van der Waals surface area contributed by atoms with Crippen molar-refractivity contribution in [1.29, 1.82) is 0 Å². The van der Waals surface area contributed by atoms with Crippen LogP contribution < -0.4 is 5.32 Å². The van der Waals surface area contributed by atoms with Crippen LogP contribution in [-0.4, -0.2) is 20.9 Å². The minimum Gasteiger partial charge on any atom is -0.351 e. The molecule has 1 N–H and O–H groups in total. The summed E-state index contributed by atoms with van der Waals surface area (Å²) in [5.41, 5.74) is 0. The maximum absolute atomic E-state index is 11.5. The van der Waals surface area contributed by atoms with Gasteiger partial charge >= 0.3 is 0 Å². The summed E-state index contributed by atoms with van der Waals surface area (Å²) >= 11 is 4.99. The van der Waals surface area contributed by atoms with Crippen LogP contribution in [0.1, 0.15) is 11.3 Å². The van der Waals surface area contributed by atoms with Crippen LogP contribution in [0, 0.1) is 0 Å². The zero-order chi connectivity index (χ0) is 12.1. The molecule has 2 aromatic rings. The molecule has 0 spiro atoms. The number of carbonyl (C=O) groups excluding carboxylic acids is 1. The lowest BCUT2D eigenvalue weighted by Gasteiger charge is -2.03. The monoisotopic (exact) mass is 314 g/mol. The van der Waals surface area contributed by atoms with E-state index in [0.717, 1.165) is 9.35 Å². The maximum atomic E-state index is 11.5. The third-order valence-corrected chi connectivity index (χ3v) is 3.82. The van der Waals surface area contributed by atoms with E-state index >= 15 is 0 Å². The van der Waals surface area contributed by atoms with Crippen LogP contribution in [0.2, 0.25) is 0 Å². The SMILES string of the molecule is O=C(CCn1ccnn1)NCc1cc(Br)cs1. The van der Waals surface area contributed by atoms with E-state index in [1.807, 2.05) is 11.4 Å². The number of amides is 1. The molecule has 0 saturated heterocycles. The van der Waals surface area contributed by atoms with Gasteiger partial charge in [-0.1, -0.05) is 5.21 Å². The van der Waals surface area contributed by atoms with E-state index in [1.165, 1.54) is 0 Å². The molecule has 2 rings (SSSR count). The van der Waals surface area contributed by atoms with Crippen molar-refractivity contribution < 1.29 is 4.79 Å². The number of aromatic nitrogens is 3. The fourth-order valence-corrected chi connectivity index (χ4v) is 2.68. The Balaban J connectivity index is 1.71. The Kier molecular flexibility index (Phi) is 4.27. The van der Waals surface area contributed by atoms with Crippen LogP contribution in [-0.2, 0) is 17.9 Å². The van der Waals surface area contributed by atoms with Crippen LogP contribution in [0.25, 0.3) is 0 Å². The molecule has 0 saturated carbocycles. The smallest absolute Gasteiger partial charge is 0.222 e. The third kappa shape index (κ3) is 3.94. The van der Waals surface area contributed by atoms with Crippen LogP contribution in [0.3, 0.4) is 0 Å². The summed E-state index contributed by atoms with van der Waals surface area (Å²) in [6.07, 6.45) is 3.75. The predicted molar refractivity (Wildman–Crippen MR) is 68.5 cm³/mol. The van der Waals surface area contributed by atoms with Crippen molar-refractivity contribution in [1.82, 2.24) is 20.3 Å². The molecule has 2 heterocycles. The van der Waals surface area contributed by atoms with E-state index in [4.69, 9.17) is 0 Å². The van der Waals surface area contributed by atoms with Crippen molar-refractivity contribution in [3.05, 3.63) is 33.2 Å². The fraction of sp³-hybridized carbons (Fsp3) is 0.300. The molecule has 0 atom stereocenters. The van der Waals surface area contributed by atoms with Gasteiger partial charge in [0.05, 0.1) is 19.3 Å². The summed E-state index contributed by atoms with van der Waals surface area (Å²) in [5.74, 6) is 0.0185. The Morgan fingerprint density at radius 3 is 3.12 bits per heavy atom. The second kappa shape index (κ2) is 5.92. The van der Waals surface area contributed by atoms with Gasteiger partial charge in [-0.2, -0.15) is 0 Å². The van der Waals surface area contributed by atoms with E-state index in [-0.39, 0.29) is 5.91 Å². The number of thiophene rings is 1. The van der Waals surface area contributed by atoms with Crippen molar-refractivity contribution in [3.8, 4) is 0 Å². The van der Waals surface area contributed by atoms with Gasteiger partial charge in [-0.3, -0.25) is 9.48 Å². The molecule has 90 valence electrons. The van der Waals surface area contributed by atoms with Gasteiger partial charge in [0.25, 0.3) is 0 Å². The highest BCUT2D eigenvalue weighted by molar-refractivity contribution is 9.10. The first-order valence-electron chi connectivity index (χ1n) is 5.08. The number of nitrogens with zero attached hydrogens (tertiary/aromatic N) is 3. The molecule has 0 aliphatic rings. The number of hydrogen-bond acceptors (Lipinski definition) is 4. The fourth-order valence-electron chi connectivity index (χ4n) is 1.29. The van der Waals surface area contributed by atoms with Crippen molar-refractivity contribution in [2.45, 2.75) is 19.5 Å². The van der Waals surface area contributed by atoms with Gasteiger partial charge in [-0.15, -0.1) is 16.4 Å². The molecule has 1 amide bonds. The van der Waals surface area contributed by atoms with E-state index < -0.39 is 0 Å². The lowest BCUT2D eigenvalue weighted by molar-refractivity contribution is -0.121. The Morgan fingerprint density at radius 2 is 2.47 bits per heavy atom. The first-order chi connectivity index (χ1) is 8.24. The zero-order valence-electron chi connectivity index (χ0n) is 8.97. The standard InChI is InChI=1S/C10H11BrN4OS/c11-8-5-9(17-7-8)6-12-10(16)1-3-15-4-2-13-14-15/h2,4-5,7H,1,3,6H2,(H,12,16). The Morgan fingerprint density at radius 1 is 1.59 bits per heavy atom. The van der Waals surface area contributed by atoms with Crippen LogP contribution >= 0.6 is 27.3 Å². The highest BCUT2D eigenvalue weighted by atomic mass is 79.9. The van der Waals surface area contributed by atoms with Crippen LogP contribution in [0.15, 0.2) is 28.3 Å². The summed E-state index contributed by atoms with van der Waals surface area (Å²) in [7, 11) is 0. The van der Waals surface area contributed by atoms with Crippen molar-refractivity contribution in [3.63, 3.8) is 0 Å². The van der Waals surface area contributed by atoms with Gasteiger partial charge in [-0.25, -0.2) is 0 Å². The van der Waals surface area contributed by atoms with Gasteiger partial charge in [0.2, 0.25) is 5.91 Å². The quantitative estimate of drug-likeness (QED) is 0.915. The summed E-state index contributed by atoms with van der Waals surface area (Å²) in [5, 5.41) is 12.3. The summed E-state index contributed by atoms with van der Waals surface area (Å²) in [6.45, 7) is 1.13. The van der Waals surface area contributed by atoms with E-state index in [2.05, 4.69) is 31.6 Å². The van der Waals surface area contributed by atoms with Crippen molar-refractivity contribution in [2.24, 2.45) is 0 Å². The molecule has 0 fully saturated rings. The highest BCUT2D eigenvalue weighted by Crippen LogP contribution is 2.19. The second-order valence-electron chi connectivity index (χ2n) is 3.42. The van der Waals surface area contributed by atoms with Gasteiger partial charge in [-0.05, 0) is 22.0 Å². The number of carbonyl (C=O) groups is 1. The molecule has 0 aliphatic carbocycles. The first-order valence-corrected chi connectivity index (χ1v) is 6.75. The number of aryl methyl sites for hydroxylation is 1. The molecule has 7 heteroatoms. The maximum Gasteiger partial charge on any atom is 0.222 e. The Labute approximate surface area is 111 Å². The normalized spacial score (nSPS) is 10.4. The molecule has 2 aromatic heterocycles. The molecule has 0 bridgehead atoms. The zero-order valence-corrected chi connectivity index (χ0v) is 11.4. The van der Waals surface area contributed by atoms with E-state index in [1.54, 1.807) is 28.4 Å². The number of hydrogen-bond donors (Lipinski definition) is 1. The summed E-state index contributed by atoms with van der Waals surface area (Å²) in [6, 6.07) is 2.00. The average Bonchev–Trinajstić information content (AvgIpc) is 2.95. The van der Waals surface area contributed by atoms with Gasteiger partial charge in [0.15, 0.2) is 0 Å². The van der Waals surface area contributed by atoms with Crippen LogP contribution in [0.4, 0.5) is 0 Å². The lowest BCUT2D eigenvalue weighted by Crippen LogP contribution is -2.23. The molecular formula is C10H11BrN4OS. The van der Waals surface area contributed by atoms with Gasteiger partial charge in [0, 0.05) is 27.3 Å². The molecule has 0 aromatic carbocycles. The lowest BCUT2D eigenvalue weighted by atomic mass is 10.4. The third-order valence-electron chi connectivity index (χ3n) is 2.12. The highest BCUT2D eigenvalue weighted by Gasteiger charge is 2.03. The number of nitrogens with one attached hydrogen (secondary N) is 1. The minimum atomic E-state index is 0.0185. The van der Waals surface area contributed by atoms with E-state index in [9.17, 15) is 4.79 Å². The minimum absolute atomic E-state index is 0.0185. The predicted octanol–water partition coefficient (Wildman–Crippen LogP) is 1.81. The van der Waals surface area contributed by atoms with Crippen LogP contribution in [0.5, 0.6) is 0 Å². The Bertz CT molecular complexity index is 482. The summed E-state index contributed by atoms with van der Waals surface area (Å²) in [4.78, 5) is 12.7. The number of rotatable bonds is 5. The molecule has 5 nitrogen and oxygen atoms in total. The molecular weight excluding hydrogens is 304 g/mol.